The molecule has 0 saturated heterocycles. The highest BCUT2D eigenvalue weighted by atomic mass is 16.1. The second kappa shape index (κ2) is 4.52. The van der Waals surface area contributed by atoms with Crippen molar-refractivity contribution in [2.75, 3.05) is 0 Å². The summed E-state index contributed by atoms with van der Waals surface area (Å²) >= 11 is 0. The van der Waals surface area contributed by atoms with Crippen LogP contribution in [0.1, 0.15) is 0 Å². The van der Waals surface area contributed by atoms with Crippen LogP contribution in [-0.4, -0.2) is 14.6 Å². The van der Waals surface area contributed by atoms with Gasteiger partial charge in [0.2, 0.25) is 0 Å². The molecule has 0 bridgehead atoms. The number of hydrogen-bond acceptors (Lipinski definition) is 3. The van der Waals surface area contributed by atoms with Gasteiger partial charge in [0, 0.05) is 10.9 Å². The fourth-order valence-electron chi connectivity index (χ4n) is 2.45. The maximum absolute atomic E-state index is 12.2. The third-order valence-corrected chi connectivity index (χ3v) is 3.46. The number of para-hydroxylation sites is 1. The van der Waals surface area contributed by atoms with Crippen molar-refractivity contribution >= 4 is 16.6 Å². The summed E-state index contributed by atoms with van der Waals surface area (Å²) in [6.07, 6.45) is 0. The Morgan fingerprint density at radius 2 is 1.57 bits per heavy atom. The van der Waals surface area contributed by atoms with Crippen molar-refractivity contribution in [3.63, 3.8) is 0 Å². The van der Waals surface area contributed by atoms with Crippen molar-refractivity contribution in [1.29, 1.82) is 0 Å². The number of fused-ring (bicyclic) bond motifs is 3. The SMILES string of the molecule is O=c1nc2ccc3ccccc3n2nc1-c1ccccc1. The zero-order valence-corrected chi connectivity index (χ0v) is 11.1. The van der Waals surface area contributed by atoms with Crippen LogP contribution >= 0.6 is 0 Å². The summed E-state index contributed by atoms with van der Waals surface area (Å²) in [7, 11) is 0. The molecule has 0 aliphatic carbocycles. The van der Waals surface area contributed by atoms with Gasteiger partial charge < -0.3 is 0 Å². The molecule has 0 amide bonds. The van der Waals surface area contributed by atoms with Gasteiger partial charge in [-0.2, -0.15) is 10.1 Å². The molecule has 21 heavy (non-hydrogen) atoms. The van der Waals surface area contributed by atoms with Crippen molar-refractivity contribution in [1.82, 2.24) is 14.6 Å². The smallest absolute Gasteiger partial charge is 0.265 e. The lowest BCUT2D eigenvalue weighted by Crippen LogP contribution is -2.16. The molecule has 0 aliphatic heterocycles. The Morgan fingerprint density at radius 1 is 0.810 bits per heavy atom. The van der Waals surface area contributed by atoms with Crippen LogP contribution in [0.3, 0.4) is 0 Å². The Kier molecular flexibility index (Phi) is 2.54. The quantitative estimate of drug-likeness (QED) is 0.501. The van der Waals surface area contributed by atoms with E-state index in [-0.39, 0.29) is 5.56 Å². The van der Waals surface area contributed by atoms with Crippen LogP contribution in [0.15, 0.2) is 71.5 Å². The molecule has 100 valence electrons. The van der Waals surface area contributed by atoms with E-state index in [1.807, 2.05) is 66.7 Å². The van der Waals surface area contributed by atoms with Gasteiger partial charge in [-0.25, -0.2) is 4.52 Å². The van der Waals surface area contributed by atoms with Crippen molar-refractivity contribution in [3.8, 4) is 11.3 Å². The molecule has 0 radical (unpaired) electrons. The minimum atomic E-state index is -0.309. The Bertz CT molecular complexity index is 1010. The van der Waals surface area contributed by atoms with Gasteiger partial charge in [-0.05, 0) is 18.2 Å². The van der Waals surface area contributed by atoms with E-state index in [2.05, 4.69) is 10.1 Å². The van der Waals surface area contributed by atoms with E-state index in [1.165, 1.54) is 0 Å². The number of rotatable bonds is 1. The Balaban J connectivity index is 2.12. The predicted octanol–water partition coefficient (Wildman–Crippen LogP) is 2.91. The normalized spacial score (nSPS) is 11.0. The summed E-state index contributed by atoms with van der Waals surface area (Å²) in [5.74, 6) is 0. The number of pyridine rings is 1. The minimum absolute atomic E-state index is 0.309. The van der Waals surface area contributed by atoms with Crippen LogP contribution in [-0.2, 0) is 0 Å². The molecule has 0 aliphatic rings. The van der Waals surface area contributed by atoms with Gasteiger partial charge in [0.05, 0.1) is 5.52 Å². The molecular weight excluding hydrogens is 262 g/mol. The largest absolute Gasteiger partial charge is 0.300 e. The van der Waals surface area contributed by atoms with E-state index in [0.29, 0.717) is 11.3 Å². The molecule has 0 fully saturated rings. The lowest BCUT2D eigenvalue weighted by molar-refractivity contribution is 0.921. The first kappa shape index (κ1) is 11.8. The van der Waals surface area contributed by atoms with Crippen molar-refractivity contribution in [3.05, 3.63) is 77.1 Å². The third kappa shape index (κ3) is 1.89. The summed E-state index contributed by atoms with van der Waals surface area (Å²) in [5, 5.41) is 5.57. The van der Waals surface area contributed by atoms with E-state index >= 15 is 0 Å². The van der Waals surface area contributed by atoms with Gasteiger partial charge in [0.15, 0.2) is 11.3 Å². The van der Waals surface area contributed by atoms with Gasteiger partial charge in [-0.15, -0.1) is 0 Å². The number of hydrogen-bond donors (Lipinski definition) is 0. The average molecular weight is 273 g/mol. The highest BCUT2D eigenvalue weighted by Gasteiger charge is 2.09. The maximum Gasteiger partial charge on any atom is 0.300 e. The second-order valence-electron chi connectivity index (χ2n) is 4.79. The molecule has 2 aromatic carbocycles. The van der Waals surface area contributed by atoms with Gasteiger partial charge >= 0.3 is 0 Å². The molecule has 0 atom stereocenters. The molecule has 0 spiro atoms. The Hall–Kier alpha value is -3.01. The van der Waals surface area contributed by atoms with E-state index in [9.17, 15) is 4.79 Å². The molecule has 4 aromatic rings. The molecule has 4 nitrogen and oxygen atoms in total. The monoisotopic (exact) mass is 273 g/mol. The number of aromatic nitrogens is 3. The fourth-order valence-corrected chi connectivity index (χ4v) is 2.45. The first-order valence-corrected chi connectivity index (χ1v) is 6.67. The van der Waals surface area contributed by atoms with E-state index in [0.717, 1.165) is 16.5 Å². The van der Waals surface area contributed by atoms with E-state index < -0.39 is 0 Å². The molecule has 2 aromatic heterocycles. The van der Waals surface area contributed by atoms with Gasteiger partial charge in [0.1, 0.15) is 0 Å². The zero-order chi connectivity index (χ0) is 14.2. The molecule has 0 saturated carbocycles. The average Bonchev–Trinajstić information content (AvgIpc) is 2.55. The third-order valence-electron chi connectivity index (χ3n) is 3.46. The lowest BCUT2D eigenvalue weighted by Gasteiger charge is -2.06. The predicted molar refractivity (Wildman–Crippen MR) is 82.2 cm³/mol. The molecule has 0 unspecified atom stereocenters. The number of nitrogens with zero attached hydrogens (tertiary/aromatic N) is 3. The molecule has 2 heterocycles. The number of benzene rings is 2. The van der Waals surface area contributed by atoms with Crippen LogP contribution in [0.5, 0.6) is 0 Å². The zero-order valence-electron chi connectivity index (χ0n) is 11.1. The maximum atomic E-state index is 12.2. The van der Waals surface area contributed by atoms with Crippen LogP contribution in [0.2, 0.25) is 0 Å². The summed E-state index contributed by atoms with van der Waals surface area (Å²) in [6, 6.07) is 21.1. The Labute approximate surface area is 120 Å². The Morgan fingerprint density at radius 3 is 2.43 bits per heavy atom. The van der Waals surface area contributed by atoms with Crippen LogP contribution in [0.25, 0.3) is 27.8 Å². The summed E-state index contributed by atoms with van der Waals surface area (Å²) in [6.45, 7) is 0. The second-order valence-corrected chi connectivity index (χ2v) is 4.79. The first-order chi connectivity index (χ1) is 10.3. The van der Waals surface area contributed by atoms with Crippen molar-refractivity contribution < 1.29 is 0 Å². The van der Waals surface area contributed by atoms with E-state index in [1.54, 1.807) is 4.52 Å². The summed E-state index contributed by atoms with van der Waals surface area (Å²) < 4.78 is 1.72. The van der Waals surface area contributed by atoms with Crippen LogP contribution < -0.4 is 5.56 Å². The molecule has 4 heteroatoms. The minimum Gasteiger partial charge on any atom is -0.265 e. The molecule has 4 rings (SSSR count). The lowest BCUT2D eigenvalue weighted by atomic mass is 10.2. The molecule has 0 N–H and O–H groups in total. The van der Waals surface area contributed by atoms with Crippen molar-refractivity contribution in [2.24, 2.45) is 0 Å². The molecular formula is C17H11N3O. The van der Waals surface area contributed by atoms with Crippen molar-refractivity contribution in [2.45, 2.75) is 0 Å². The summed E-state index contributed by atoms with van der Waals surface area (Å²) in [5.41, 5.74) is 2.32. The van der Waals surface area contributed by atoms with E-state index in [4.69, 9.17) is 0 Å². The summed E-state index contributed by atoms with van der Waals surface area (Å²) in [4.78, 5) is 16.3. The van der Waals surface area contributed by atoms with Gasteiger partial charge in [-0.1, -0.05) is 48.5 Å². The topological polar surface area (TPSA) is 47.3 Å². The van der Waals surface area contributed by atoms with Gasteiger partial charge in [0.25, 0.3) is 5.56 Å². The standard InChI is InChI=1S/C17H11N3O/c21-17-16(13-7-2-1-3-8-13)19-20-14-9-5-4-6-12(14)10-11-15(20)18-17/h1-11H. The fraction of sp³-hybridized carbons (Fsp3) is 0. The van der Waals surface area contributed by atoms with Crippen LogP contribution in [0.4, 0.5) is 0 Å². The van der Waals surface area contributed by atoms with Crippen LogP contribution in [0, 0.1) is 0 Å². The first-order valence-electron chi connectivity index (χ1n) is 6.67. The highest BCUT2D eigenvalue weighted by Crippen LogP contribution is 2.16. The van der Waals surface area contributed by atoms with Gasteiger partial charge in [-0.3, -0.25) is 4.79 Å². The highest BCUT2D eigenvalue weighted by molar-refractivity contribution is 5.81.